The smallest absolute Gasteiger partial charge is 0.345 e. The summed E-state index contributed by atoms with van der Waals surface area (Å²) in [5.74, 6) is -1.39. The summed E-state index contributed by atoms with van der Waals surface area (Å²) in [6.45, 7) is 6.11. The monoisotopic (exact) mass is 369 g/mol. The first-order valence-corrected chi connectivity index (χ1v) is 8.83. The molecular weight excluding hydrogens is 346 g/mol. The number of aromatic nitrogens is 2. The second kappa shape index (κ2) is 6.64. The van der Waals surface area contributed by atoms with E-state index in [0.717, 1.165) is 0 Å². The van der Waals surface area contributed by atoms with Gasteiger partial charge in [0.1, 0.15) is 11.1 Å². The van der Waals surface area contributed by atoms with Crippen LogP contribution in [-0.4, -0.2) is 44.9 Å². The van der Waals surface area contributed by atoms with Crippen molar-refractivity contribution in [3.63, 3.8) is 0 Å². The van der Waals surface area contributed by atoms with Gasteiger partial charge in [-0.05, 0) is 18.1 Å². The minimum atomic E-state index is -1.15. The van der Waals surface area contributed by atoms with Crippen molar-refractivity contribution in [1.82, 2.24) is 14.9 Å². The summed E-state index contributed by atoms with van der Waals surface area (Å²) in [6, 6.07) is 10.5. The van der Waals surface area contributed by atoms with Crippen LogP contribution >= 0.6 is 0 Å². The maximum Gasteiger partial charge on any atom is 0.345 e. The number of likely N-dealkylation sites (tertiary alicyclic amines) is 1. The number of hydrogen-bond donors (Lipinski definition) is 2. The van der Waals surface area contributed by atoms with Crippen LogP contribution in [0.3, 0.4) is 0 Å². The molecule has 7 heteroatoms. The van der Waals surface area contributed by atoms with E-state index in [1.807, 2.05) is 26.8 Å². The number of nitrogens with zero attached hydrogens (tertiary/aromatic N) is 2. The van der Waals surface area contributed by atoms with Crippen LogP contribution in [0.1, 0.15) is 48.9 Å². The van der Waals surface area contributed by atoms with E-state index in [4.69, 9.17) is 0 Å². The number of rotatable bonds is 3. The lowest BCUT2D eigenvalue weighted by Crippen LogP contribution is -2.41. The first-order chi connectivity index (χ1) is 12.6. The van der Waals surface area contributed by atoms with Gasteiger partial charge in [0.05, 0.1) is 0 Å². The van der Waals surface area contributed by atoms with Crippen LogP contribution in [0.15, 0.2) is 41.2 Å². The van der Waals surface area contributed by atoms with E-state index < -0.39 is 23.0 Å². The number of aliphatic carboxylic acids is 1. The molecule has 0 unspecified atom stereocenters. The molecule has 0 radical (unpaired) electrons. The number of H-pyrrole nitrogens is 1. The van der Waals surface area contributed by atoms with Crippen LogP contribution in [0, 0.1) is 0 Å². The zero-order valence-electron chi connectivity index (χ0n) is 15.7. The van der Waals surface area contributed by atoms with E-state index in [-0.39, 0.29) is 17.7 Å². The van der Waals surface area contributed by atoms with Gasteiger partial charge in [-0.25, -0.2) is 4.79 Å². The quantitative estimate of drug-likeness (QED) is 0.860. The van der Waals surface area contributed by atoms with Gasteiger partial charge in [-0.15, -0.1) is 0 Å². The zero-order chi connectivity index (χ0) is 19.8. The molecule has 1 amide bonds. The lowest BCUT2D eigenvalue weighted by Gasteiger charge is -2.25. The predicted octanol–water partition coefficient (Wildman–Crippen LogP) is 1.94. The molecule has 0 spiro atoms. The maximum atomic E-state index is 12.9. The van der Waals surface area contributed by atoms with Gasteiger partial charge in [0.2, 0.25) is 0 Å². The van der Waals surface area contributed by atoms with Crippen molar-refractivity contribution in [3.05, 3.63) is 63.8 Å². The molecule has 27 heavy (non-hydrogen) atoms. The molecule has 3 rings (SSSR count). The molecular formula is C20H23N3O4. The molecule has 1 aliphatic heterocycles. The first-order valence-electron chi connectivity index (χ1n) is 8.83. The third-order valence-electron chi connectivity index (χ3n) is 5.06. The van der Waals surface area contributed by atoms with Crippen molar-refractivity contribution < 1.29 is 14.7 Å². The number of carboxylic acid groups (broad SMARTS) is 1. The SMILES string of the molecule is CC(C)(C)c1cc(C(=O)N2CC[C@](C(=O)O)(c3ccccc3)C2)nc(=O)[nH]1. The molecule has 0 aliphatic carbocycles. The van der Waals surface area contributed by atoms with Crippen LogP contribution in [0.25, 0.3) is 0 Å². The van der Waals surface area contributed by atoms with Gasteiger partial charge < -0.3 is 15.0 Å². The highest BCUT2D eigenvalue weighted by Crippen LogP contribution is 2.35. The molecule has 2 heterocycles. The average molecular weight is 369 g/mol. The van der Waals surface area contributed by atoms with Gasteiger partial charge in [0.15, 0.2) is 0 Å². The Labute approximate surface area is 157 Å². The van der Waals surface area contributed by atoms with Crippen molar-refractivity contribution in [3.8, 4) is 0 Å². The number of carboxylic acids is 1. The second-order valence-electron chi connectivity index (χ2n) is 7.97. The van der Waals surface area contributed by atoms with Crippen molar-refractivity contribution in [2.75, 3.05) is 13.1 Å². The average Bonchev–Trinajstić information content (AvgIpc) is 3.07. The highest BCUT2D eigenvalue weighted by molar-refractivity contribution is 5.94. The largest absolute Gasteiger partial charge is 0.481 e. The molecule has 0 bridgehead atoms. The Morgan fingerprint density at radius 2 is 1.89 bits per heavy atom. The third kappa shape index (κ3) is 3.49. The molecule has 1 aromatic heterocycles. The number of hydrogen-bond acceptors (Lipinski definition) is 4. The van der Waals surface area contributed by atoms with Crippen molar-refractivity contribution in [1.29, 1.82) is 0 Å². The molecule has 1 atom stereocenters. The topological polar surface area (TPSA) is 103 Å². The van der Waals surface area contributed by atoms with E-state index in [1.54, 1.807) is 30.3 Å². The van der Waals surface area contributed by atoms with Gasteiger partial charge in [-0.1, -0.05) is 51.1 Å². The summed E-state index contributed by atoms with van der Waals surface area (Å²) >= 11 is 0. The van der Waals surface area contributed by atoms with Crippen LogP contribution in [-0.2, 0) is 15.6 Å². The van der Waals surface area contributed by atoms with E-state index in [9.17, 15) is 19.5 Å². The van der Waals surface area contributed by atoms with Gasteiger partial charge in [0, 0.05) is 24.2 Å². The summed E-state index contributed by atoms with van der Waals surface area (Å²) in [4.78, 5) is 44.8. The lowest BCUT2D eigenvalue weighted by atomic mass is 9.80. The van der Waals surface area contributed by atoms with E-state index in [1.165, 1.54) is 4.90 Å². The Hall–Kier alpha value is -2.96. The highest BCUT2D eigenvalue weighted by Gasteiger charge is 2.47. The Kier molecular flexibility index (Phi) is 4.63. The molecule has 1 fully saturated rings. The van der Waals surface area contributed by atoms with Crippen LogP contribution in [0.4, 0.5) is 0 Å². The predicted molar refractivity (Wildman–Crippen MR) is 99.8 cm³/mol. The summed E-state index contributed by atoms with van der Waals surface area (Å²) in [6.07, 6.45) is 0.313. The van der Waals surface area contributed by atoms with Gasteiger partial charge in [0.25, 0.3) is 5.91 Å². The fraction of sp³-hybridized carbons (Fsp3) is 0.400. The number of carbonyl (C=O) groups is 2. The van der Waals surface area contributed by atoms with Crippen LogP contribution in [0.2, 0.25) is 0 Å². The summed E-state index contributed by atoms with van der Waals surface area (Å²) < 4.78 is 0. The Morgan fingerprint density at radius 1 is 1.22 bits per heavy atom. The summed E-state index contributed by atoms with van der Waals surface area (Å²) in [7, 11) is 0. The number of benzene rings is 1. The molecule has 1 saturated heterocycles. The standard InChI is InChI=1S/C20H23N3O4/c1-19(2,3)15-11-14(21-18(27)22-15)16(24)23-10-9-20(12-23,17(25)26)13-7-5-4-6-8-13/h4-8,11H,9-10,12H2,1-3H3,(H,25,26)(H,21,22,27)/t20-/m1/s1. The molecule has 142 valence electrons. The van der Waals surface area contributed by atoms with E-state index >= 15 is 0 Å². The molecule has 0 saturated carbocycles. The Morgan fingerprint density at radius 3 is 2.48 bits per heavy atom. The first kappa shape index (κ1) is 18.8. The minimum absolute atomic E-state index is 0.0397. The van der Waals surface area contributed by atoms with E-state index in [0.29, 0.717) is 24.2 Å². The number of amides is 1. The highest BCUT2D eigenvalue weighted by atomic mass is 16.4. The van der Waals surface area contributed by atoms with E-state index in [2.05, 4.69) is 9.97 Å². The number of aromatic amines is 1. The van der Waals surface area contributed by atoms with Crippen LogP contribution < -0.4 is 5.69 Å². The fourth-order valence-corrected chi connectivity index (χ4v) is 3.41. The van der Waals surface area contributed by atoms with Crippen molar-refractivity contribution >= 4 is 11.9 Å². The molecule has 2 aromatic rings. The van der Waals surface area contributed by atoms with Crippen molar-refractivity contribution in [2.45, 2.75) is 38.0 Å². The van der Waals surface area contributed by atoms with Gasteiger partial charge >= 0.3 is 11.7 Å². The molecule has 1 aliphatic rings. The van der Waals surface area contributed by atoms with Crippen molar-refractivity contribution in [2.24, 2.45) is 0 Å². The molecule has 7 nitrogen and oxygen atoms in total. The Balaban J connectivity index is 1.93. The third-order valence-corrected chi connectivity index (χ3v) is 5.06. The Bertz CT molecular complexity index is 930. The zero-order valence-corrected chi connectivity index (χ0v) is 15.7. The minimum Gasteiger partial charge on any atom is -0.481 e. The van der Waals surface area contributed by atoms with Crippen LogP contribution in [0.5, 0.6) is 0 Å². The number of nitrogens with one attached hydrogen (secondary N) is 1. The fourth-order valence-electron chi connectivity index (χ4n) is 3.41. The molecule has 1 aromatic carbocycles. The van der Waals surface area contributed by atoms with Gasteiger partial charge in [-0.2, -0.15) is 4.98 Å². The number of carbonyl (C=O) groups excluding carboxylic acids is 1. The molecule has 2 N–H and O–H groups in total. The normalized spacial score (nSPS) is 19.9. The summed E-state index contributed by atoms with van der Waals surface area (Å²) in [5.41, 5.74) is -0.766. The van der Waals surface area contributed by atoms with Gasteiger partial charge in [-0.3, -0.25) is 9.59 Å². The summed E-state index contributed by atoms with van der Waals surface area (Å²) in [5, 5.41) is 9.87. The second-order valence-corrected chi connectivity index (χ2v) is 7.97. The lowest BCUT2D eigenvalue weighted by molar-refractivity contribution is -0.143. The maximum absolute atomic E-state index is 12.9.